The summed E-state index contributed by atoms with van der Waals surface area (Å²) in [4.78, 5) is 6.55. The van der Waals surface area contributed by atoms with Crippen molar-refractivity contribution in [1.82, 2.24) is 9.21 Å². The van der Waals surface area contributed by atoms with Crippen LogP contribution in [0.2, 0.25) is 0 Å². The zero-order valence-corrected chi connectivity index (χ0v) is 14.2. The van der Waals surface area contributed by atoms with Gasteiger partial charge >= 0.3 is 0 Å². The summed E-state index contributed by atoms with van der Waals surface area (Å²) in [5.74, 6) is 1.33. The van der Waals surface area contributed by atoms with E-state index in [-0.39, 0.29) is 4.90 Å². The molecule has 3 rings (SSSR count). The molecular formula is C15H21N3O4S. The molecule has 0 amide bonds. The predicted molar refractivity (Wildman–Crippen MR) is 86.5 cm³/mol. The molecule has 8 heteroatoms. The SMILES string of the molecule is COc1ccc(OC)c(S(=O)(=O)N2CCN=C2N2CCCC2)c1. The van der Waals surface area contributed by atoms with Gasteiger partial charge in [0, 0.05) is 19.2 Å². The molecule has 1 saturated heterocycles. The van der Waals surface area contributed by atoms with Gasteiger partial charge in [-0.3, -0.25) is 4.99 Å². The molecule has 7 nitrogen and oxygen atoms in total. The van der Waals surface area contributed by atoms with E-state index in [1.807, 2.05) is 4.90 Å². The van der Waals surface area contributed by atoms with Crippen LogP contribution in [0.4, 0.5) is 0 Å². The van der Waals surface area contributed by atoms with Crippen molar-refractivity contribution < 1.29 is 17.9 Å². The van der Waals surface area contributed by atoms with Crippen LogP contribution in [0.25, 0.3) is 0 Å². The quantitative estimate of drug-likeness (QED) is 0.823. The molecule has 2 aliphatic rings. The lowest BCUT2D eigenvalue weighted by Crippen LogP contribution is -2.43. The van der Waals surface area contributed by atoms with Crippen LogP contribution >= 0.6 is 0 Å². The van der Waals surface area contributed by atoms with Crippen molar-refractivity contribution in [2.45, 2.75) is 17.7 Å². The Hall–Kier alpha value is -1.96. The van der Waals surface area contributed by atoms with Crippen LogP contribution in [0.5, 0.6) is 11.5 Å². The molecule has 0 radical (unpaired) electrons. The molecule has 2 heterocycles. The first-order valence-electron chi connectivity index (χ1n) is 7.62. The third-order valence-corrected chi connectivity index (χ3v) is 5.91. The van der Waals surface area contributed by atoms with Crippen LogP contribution in [0.15, 0.2) is 28.1 Å². The minimum Gasteiger partial charge on any atom is -0.497 e. The van der Waals surface area contributed by atoms with E-state index in [4.69, 9.17) is 9.47 Å². The van der Waals surface area contributed by atoms with E-state index in [0.717, 1.165) is 25.9 Å². The fraction of sp³-hybridized carbons (Fsp3) is 0.533. The maximum atomic E-state index is 13.1. The number of guanidine groups is 1. The molecule has 2 aliphatic heterocycles. The lowest BCUT2D eigenvalue weighted by atomic mass is 10.3. The van der Waals surface area contributed by atoms with Gasteiger partial charge in [-0.05, 0) is 25.0 Å². The molecule has 0 aromatic heterocycles. The Labute approximate surface area is 136 Å². The van der Waals surface area contributed by atoms with Crippen molar-refractivity contribution >= 4 is 16.0 Å². The Morgan fingerprint density at radius 3 is 2.48 bits per heavy atom. The van der Waals surface area contributed by atoms with Gasteiger partial charge in [0.1, 0.15) is 16.4 Å². The molecule has 1 aromatic rings. The zero-order chi connectivity index (χ0) is 16.4. The average Bonchev–Trinajstić information content (AvgIpc) is 3.24. The number of likely N-dealkylation sites (tertiary alicyclic amines) is 1. The number of hydrogen-bond acceptors (Lipinski definition) is 6. The van der Waals surface area contributed by atoms with Gasteiger partial charge in [-0.25, -0.2) is 12.7 Å². The summed E-state index contributed by atoms with van der Waals surface area (Å²) in [5.41, 5.74) is 0. The molecule has 0 bridgehead atoms. The predicted octanol–water partition coefficient (Wildman–Crippen LogP) is 1.16. The molecule has 1 fully saturated rings. The number of sulfonamides is 1. The monoisotopic (exact) mass is 339 g/mol. The summed E-state index contributed by atoms with van der Waals surface area (Å²) in [5, 5.41) is 0. The molecule has 23 heavy (non-hydrogen) atoms. The van der Waals surface area contributed by atoms with E-state index in [2.05, 4.69) is 4.99 Å². The normalized spacial score (nSPS) is 18.3. The van der Waals surface area contributed by atoms with Crippen LogP contribution in [-0.4, -0.2) is 64.0 Å². The summed E-state index contributed by atoms with van der Waals surface area (Å²) in [6.07, 6.45) is 2.13. The number of rotatable bonds is 4. The van der Waals surface area contributed by atoms with Gasteiger partial charge in [-0.1, -0.05) is 0 Å². The van der Waals surface area contributed by atoms with Crippen molar-refractivity contribution in [2.75, 3.05) is 40.4 Å². The highest BCUT2D eigenvalue weighted by atomic mass is 32.2. The molecular weight excluding hydrogens is 318 g/mol. The van der Waals surface area contributed by atoms with Gasteiger partial charge < -0.3 is 14.4 Å². The van der Waals surface area contributed by atoms with Crippen LogP contribution in [0, 0.1) is 0 Å². The van der Waals surface area contributed by atoms with E-state index in [0.29, 0.717) is 30.5 Å². The maximum absolute atomic E-state index is 13.1. The Balaban J connectivity index is 1.99. The molecule has 0 aliphatic carbocycles. The lowest BCUT2D eigenvalue weighted by molar-refractivity contribution is 0.389. The van der Waals surface area contributed by atoms with Crippen LogP contribution < -0.4 is 9.47 Å². The summed E-state index contributed by atoms with van der Waals surface area (Å²) < 4.78 is 38.0. The van der Waals surface area contributed by atoms with Gasteiger partial charge in [0.05, 0.1) is 27.3 Å². The molecule has 0 unspecified atom stereocenters. The first-order valence-corrected chi connectivity index (χ1v) is 9.06. The largest absolute Gasteiger partial charge is 0.497 e. The number of benzene rings is 1. The topological polar surface area (TPSA) is 71.4 Å². The van der Waals surface area contributed by atoms with Crippen molar-refractivity contribution in [1.29, 1.82) is 0 Å². The Bertz CT molecular complexity index is 711. The average molecular weight is 339 g/mol. The number of nitrogens with zero attached hydrogens (tertiary/aromatic N) is 3. The Kier molecular flexibility index (Phi) is 4.34. The molecule has 126 valence electrons. The zero-order valence-electron chi connectivity index (χ0n) is 13.4. The van der Waals surface area contributed by atoms with Crippen molar-refractivity contribution in [3.63, 3.8) is 0 Å². The molecule has 0 atom stereocenters. The summed E-state index contributed by atoms with van der Waals surface area (Å²) in [6, 6.07) is 4.78. The Morgan fingerprint density at radius 1 is 1.09 bits per heavy atom. The number of aliphatic imine (C=N–C) groups is 1. The third-order valence-electron chi connectivity index (χ3n) is 4.11. The minimum atomic E-state index is -3.74. The number of ether oxygens (including phenoxy) is 2. The van der Waals surface area contributed by atoms with Gasteiger partial charge in [-0.15, -0.1) is 0 Å². The van der Waals surface area contributed by atoms with E-state index < -0.39 is 10.0 Å². The smallest absolute Gasteiger partial charge is 0.270 e. The standard InChI is InChI=1S/C15H21N3O4S/c1-21-12-5-6-13(22-2)14(11-12)23(19,20)18-10-7-16-15(18)17-8-3-4-9-17/h5-6,11H,3-4,7-10H2,1-2H3. The summed E-state index contributed by atoms with van der Waals surface area (Å²) in [6.45, 7) is 2.53. The molecule has 0 N–H and O–H groups in total. The Morgan fingerprint density at radius 2 is 1.83 bits per heavy atom. The van der Waals surface area contributed by atoms with E-state index >= 15 is 0 Å². The van der Waals surface area contributed by atoms with Gasteiger partial charge in [-0.2, -0.15) is 0 Å². The second kappa shape index (κ2) is 6.27. The molecule has 0 spiro atoms. The molecule has 1 aromatic carbocycles. The van der Waals surface area contributed by atoms with Crippen LogP contribution in [0.1, 0.15) is 12.8 Å². The summed E-state index contributed by atoms with van der Waals surface area (Å²) in [7, 11) is -0.781. The first-order chi connectivity index (χ1) is 11.1. The highest BCUT2D eigenvalue weighted by Gasteiger charge is 2.36. The number of methoxy groups -OCH3 is 2. The fourth-order valence-corrected chi connectivity index (χ4v) is 4.54. The second-order valence-electron chi connectivity index (χ2n) is 5.47. The highest BCUT2D eigenvalue weighted by molar-refractivity contribution is 7.89. The lowest BCUT2D eigenvalue weighted by Gasteiger charge is -2.27. The fourth-order valence-electron chi connectivity index (χ4n) is 2.93. The van der Waals surface area contributed by atoms with Gasteiger partial charge in [0.2, 0.25) is 5.96 Å². The van der Waals surface area contributed by atoms with E-state index in [9.17, 15) is 8.42 Å². The summed E-state index contributed by atoms with van der Waals surface area (Å²) >= 11 is 0. The maximum Gasteiger partial charge on any atom is 0.270 e. The van der Waals surface area contributed by atoms with Crippen LogP contribution in [0.3, 0.4) is 0 Å². The molecule has 0 saturated carbocycles. The number of hydrogen-bond donors (Lipinski definition) is 0. The highest BCUT2D eigenvalue weighted by Crippen LogP contribution is 2.32. The van der Waals surface area contributed by atoms with Crippen molar-refractivity contribution in [2.24, 2.45) is 4.99 Å². The van der Waals surface area contributed by atoms with E-state index in [1.54, 1.807) is 12.1 Å². The van der Waals surface area contributed by atoms with Crippen molar-refractivity contribution in [3.8, 4) is 11.5 Å². The van der Waals surface area contributed by atoms with Crippen LogP contribution in [-0.2, 0) is 10.0 Å². The van der Waals surface area contributed by atoms with Crippen molar-refractivity contribution in [3.05, 3.63) is 18.2 Å². The van der Waals surface area contributed by atoms with Gasteiger partial charge in [0.15, 0.2) is 0 Å². The third kappa shape index (κ3) is 2.83. The first kappa shape index (κ1) is 15.9. The van der Waals surface area contributed by atoms with E-state index in [1.165, 1.54) is 24.6 Å². The van der Waals surface area contributed by atoms with Gasteiger partial charge in [0.25, 0.3) is 10.0 Å². The minimum absolute atomic E-state index is 0.105. The second-order valence-corrected chi connectivity index (χ2v) is 7.30.